The smallest absolute Gasteiger partial charge is 0.303 e. The van der Waals surface area contributed by atoms with Gasteiger partial charge in [-0.2, -0.15) is 0 Å². The molecule has 0 radical (unpaired) electrons. The first-order valence-corrected chi connectivity index (χ1v) is 7.14. The third-order valence-electron chi connectivity index (χ3n) is 3.88. The van der Waals surface area contributed by atoms with Crippen molar-refractivity contribution in [3.63, 3.8) is 0 Å². The minimum absolute atomic E-state index is 0.278. The van der Waals surface area contributed by atoms with Crippen molar-refractivity contribution < 1.29 is 18.8 Å². The molecule has 0 amide bonds. The van der Waals surface area contributed by atoms with Crippen LogP contribution in [0.3, 0.4) is 0 Å². The third-order valence-corrected chi connectivity index (χ3v) is 3.88. The van der Waals surface area contributed by atoms with E-state index in [-0.39, 0.29) is 6.42 Å². The van der Waals surface area contributed by atoms with Crippen molar-refractivity contribution in [3.05, 3.63) is 30.2 Å². The van der Waals surface area contributed by atoms with Gasteiger partial charge in [-0.15, -0.1) is 0 Å². The van der Waals surface area contributed by atoms with E-state index in [1.54, 1.807) is 6.26 Å². The van der Waals surface area contributed by atoms with E-state index in [9.17, 15) is 4.79 Å². The normalized spacial score (nSPS) is 17.1. The van der Waals surface area contributed by atoms with Crippen LogP contribution >= 0.6 is 0 Å². The Morgan fingerprint density at radius 1 is 1.38 bits per heavy atom. The van der Waals surface area contributed by atoms with Crippen molar-refractivity contribution in [2.75, 3.05) is 13.1 Å². The van der Waals surface area contributed by atoms with Crippen molar-refractivity contribution >= 4 is 5.97 Å². The van der Waals surface area contributed by atoms with Gasteiger partial charge in [-0.1, -0.05) is 5.16 Å². The van der Waals surface area contributed by atoms with Crippen LogP contribution in [0.4, 0.5) is 0 Å². The molecular formula is C15H18N2O4. The Bertz CT molecular complexity index is 583. The predicted molar refractivity (Wildman–Crippen MR) is 74.5 cm³/mol. The van der Waals surface area contributed by atoms with Crippen LogP contribution in [0.5, 0.6) is 0 Å². The van der Waals surface area contributed by atoms with Crippen LogP contribution in [0.25, 0.3) is 11.5 Å². The zero-order valence-corrected chi connectivity index (χ0v) is 11.7. The molecule has 0 aliphatic carbocycles. The summed E-state index contributed by atoms with van der Waals surface area (Å²) in [4.78, 5) is 13.0. The van der Waals surface area contributed by atoms with E-state index < -0.39 is 5.97 Å². The second-order valence-corrected chi connectivity index (χ2v) is 5.48. The first-order valence-electron chi connectivity index (χ1n) is 7.14. The summed E-state index contributed by atoms with van der Waals surface area (Å²) in [6.45, 7) is 2.53. The van der Waals surface area contributed by atoms with Gasteiger partial charge in [0.05, 0.1) is 12.0 Å². The number of likely N-dealkylation sites (tertiary alicyclic amines) is 1. The first-order chi connectivity index (χ1) is 10.2. The molecule has 3 rings (SSSR count). The number of aromatic nitrogens is 1. The van der Waals surface area contributed by atoms with Crippen molar-refractivity contribution in [3.8, 4) is 11.5 Å². The third kappa shape index (κ3) is 3.52. The van der Waals surface area contributed by atoms with Gasteiger partial charge in [0, 0.05) is 19.0 Å². The highest BCUT2D eigenvalue weighted by atomic mass is 16.5. The zero-order chi connectivity index (χ0) is 14.7. The number of hydrogen-bond donors (Lipinski definition) is 1. The van der Waals surface area contributed by atoms with E-state index in [0.29, 0.717) is 17.4 Å². The minimum atomic E-state index is -0.701. The van der Waals surface area contributed by atoms with Gasteiger partial charge in [0.25, 0.3) is 0 Å². The van der Waals surface area contributed by atoms with Gasteiger partial charge >= 0.3 is 5.97 Å². The lowest BCUT2D eigenvalue weighted by atomic mass is 9.93. The molecule has 2 aromatic heterocycles. The molecule has 0 aromatic carbocycles. The zero-order valence-electron chi connectivity index (χ0n) is 11.7. The molecular weight excluding hydrogens is 272 g/mol. The van der Waals surface area contributed by atoms with Gasteiger partial charge in [-0.05, 0) is 44.0 Å². The summed E-state index contributed by atoms with van der Waals surface area (Å²) < 4.78 is 10.5. The van der Waals surface area contributed by atoms with E-state index in [1.165, 1.54) is 0 Å². The number of nitrogens with zero attached hydrogens (tertiary/aromatic N) is 2. The number of aliphatic carboxylic acids is 1. The molecule has 3 heterocycles. The molecule has 6 nitrogen and oxygen atoms in total. The molecule has 1 N–H and O–H groups in total. The van der Waals surface area contributed by atoms with Crippen LogP contribution in [0.1, 0.15) is 25.0 Å². The fraction of sp³-hybridized carbons (Fsp3) is 0.467. The van der Waals surface area contributed by atoms with E-state index in [2.05, 4.69) is 10.1 Å². The molecule has 6 heteroatoms. The summed E-state index contributed by atoms with van der Waals surface area (Å²) in [7, 11) is 0. The van der Waals surface area contributed by atoms with Gasteiger partial charge in [0.15, 0.2) is 5.76 Å². The van der Waals surface area contributed by atoms with Gasteiger partial charge in [0.1, 0.15) is 0 Å². The molecule has 0 spiro atoms. The number of carbonyl (C=O) groups is 1. The van der Waals surface area contributed by atoms with E-state index in [1.807, 2.05) is 18.2 Å². The maximum absolute atomic E-state index is 10.7. The highest BCUT2D eigenvalue weighted by molar-refractivity contribution is 5.67. The minimum Gasteiger partial charge on any atom is -0.481 e. The van der Waals surface area contributed by atoms with E-state index in [0.717, 1.165) is 38.2 Å². The molecule has 0 atom stereocenters. The molecule has 21 heavy (non-hydrogen) atoms. The van der Waals surface area contributed by atoms with Crippen molar-refractivity contribution in [2.24, 2.45) is 5.92 Å². The molecule has 1 fully saturated rings. The fourth-order valence-corrected chi connectivity index (χ4v) is 2.75. The molecule has 1 saturated heterocycles. The monoisotopic (exact) mass is 290 g/mol. The Kier molecular flexibility index (Phi) is 4.06. The average Bonchev–Trinajstić information content (AvgIpc) is 3.11. The Balaban J connectivity index is 1.53. The second kappa shape index (κ2) is 6.13. The highest BCUT2D eigenvalue weighted by Gasteiger charge is 2.22. The number of carboxylic acid groups (broad SMARTS) is 1. The molecule has 2 aromatic rings. The van der Waals surface area contributed by atoms with Crippen LogP contribution < -0.4 is 0 Å². The van der Waals surface area contributed by atoms with Gasteiger partial charge < -0.3 is 14.0 Å². The summed E-state index contributed by atoms with van der Waals surface area (Å²) in [6.07, 6.45) is 3.73. The number of furan rings is 1. The lowest BCUT2D eigenvalue weighted by molar-refractivity contribution is -0.138. The number of rotatable bonds is 5. The van der Waals surface area contributed by atoms with Crippen LogP contribution in [0, 0.1) is 5.92 Å². The fourth-order valence-electron chi connectivity index (χ4n) is 2.75. The average molecular weight is 290 g/mol. The Morgan fingerprint density at radius 2 is 2.19 bits per heavy atom. The topological polar surface area (TPSA) is 79.7 Å². The second-order valence-electron chi connectivity index (χ2n) is 5.48. The summed E-state index contributed by atoms with van der Waals surface area (Å²) in [5.74, 6) is 0.910. The van der Waals surface area contributed by atoms with Crippen LogP contribution in [0.15, 0.2) is 33.4 Å². The van der Waals surface area contributed by atoms with Gasteiger partial charge in [-0.25, -0.2) is 0 Å². The van der Waals surface area contributed by atoms with Crippen molar-refractivity contribution in [1.29, 1.82) is 0 Å². The maximum atomic E-state index is 10.7. The quantitative estimate of drug-likeness (QED) is 0.911. The Labute approximate surface area is 122 Å². The van der Waals surface area contributed by atoms with E-state index in [4.69, 9.17) is 14.0 Å². The summed E-state index contributed by atoms with van der Waals surface area (Å²) in [5, 5.41) is 12.9. The molecule has 1 aliphatic rings. The van der Waals surface area contributed by atoms with Gasteiger partial charge in [0.2, 0.25) is 5.76 Å². The largest absolute Gasteiger partial charge is 0.481 e. The summed E-state index contributed by atoms with van der Waals surface area (Å²) >= 11 is 0. The number of carboxylic acids is 1. The SMILES string of the molecule is O=C(O)CC1CCN(Cc2cc(-c3ccco3)on2)CC1. The molecule has 0 bridgehead atoms. The lowest BCUT2D eigenvalue weighted by Gasteiger charge is -2.30. The molecule has 1 aliphatic heterocycles. The summed E-state index contributed by atoms with van der Waals surface area (Å²) in [5.41, 5.74) is 0.873. The summed E-state index contributed by atoms with van der Waals surface area (Å²) in [6, 6.07) is 5.54. The number of piperidine rings is 1. The highest BCUT2D eigenvalue weighted by Crippen LogP contribution is 2.24. The first kappa shape index (κ1) is 13.9. The Morgan fingerprint density at radius 3 is 2.86 bits per heavy atom. The van der Waals surface area contributed by atoms with Crippen LogP contribution in [-0.4, -0.2) is 34.2 Å². The predicted octanol–water partition coefficient (Wildman–Crippen LogP) is 2.62. The molecule has 0 saturated carbocycles. The molecule has 0 unspecified atom stereocenters. The Hall–Kier alpha value is -2.08. The number of hydrogen-bond acceptors (Lipinski definition) is 5. The standard InChI is InChI=1S/C15H18N2O4/c18-15(19)8-11-3-5-17(6-4-11)10-12-9-14(21-16-12)13-2-1-7-20-13/h1-2,7,9,11H,3-6,8,10H2,(H,18,19). The van der Waals surface area contributed by atoms with Gasteiger partial charge in [-0.3, -0.25) is 9.69 Å². The molecule has 112 valence electrons. The van der Waals surface area contributed by atoms with Crippen molar-refractivity contribution in [1.82, 2.24) is 10.1 Å². The van der Waals surface area contributed by atoms with E-state index >= 15 is 0 Å². The lowest BCUT2D eigenvalue weighted by Crippen LogP contribution is -2.34. The van der Waals surface area contributed by atoms with Crippen molar-refractivity contribution in [2.45, 2.75) is 25.8 Å². The van der Waals surface area contributed by atoms with Crippen LogP contribution in [-0.2, 0) is 11.3 Å². The maximum Gasteiger partial charge on any atom is 0.303 e. The van der Waals surface area contributed by atoms with Crippen LogP contribution in [0.2, 0.25) is 0 Å².